The Hall–Kier alpha value is -3.66. The van der Waals surface area contributed by atoms with E-state index < -0.39 is 17.8 Å². The van der Waals surface area contributed by atoms with Crippen LogP contribution in [-0.4, -0.2) is 24.5 Å². The number of urea groups is 1. The summed E-state index contributed by atoms with van der Waals surface area (Å²) in [6.07, 6.45) is 1.45. The summed E-state index contributed by atoms with van der Waals surface area (Å²) in [6, 6.07) is 20.8. The fourth-order valence-electron chi connectivity index (χ4n) is 3.35. The molecule has 1 aliphatic heterocycles. The van der Waals surface area contributed by atoms with Crippen LogP contribution in [0.1, 0.15) is 18.1 Å². The highest BCUT2D eigenvalue weighted by Crippen LogP contribution is 2.26. The van der Waals surface area contributed by atoms with E-state index in [0.29, 0.717) is 36.0 Å². The Bertz CT molecular complexity index is 1250. The first-order valence-electron chi connectivity index (χ1n) is 10.6. The molecule has 0 atom stereocenters. The standard InChI is InChI=1S/C26H21IN2O5/c1-2-33-22-5-3-4-20(15-22)29-25(31)23(24(30)28-26(29)32)14-17-8-12-21(13-9-17)34-16-18-6-10-19(27)11-7-18/h3-15H,2,16H2,1H3,(H,28,30,32)/b23-14+. The molecular weight excluding hydrogens is 547 g/mol. The SMILES string of the molecule is CCOc1cccc(N2C(=O)NC(=O)/C(=C\c3ccc(OCc4ccc(I)cc4)cc3)C2=O)c1. The molecule has 0 unspecified atom stereocenters. The monoisotopic (exact) mass is 568 g/mol. The predicted octanol–water partition coefficient (Wildman–Crippen LogP) is 4.94. The first-order chi connectivity index (χ1) is 16.4. The van der Waals surface area contributed by atoms with E-state index in [-0.39, 0.29) is 5.57 Å². The first-order valence-corrected chi connectivity index (χ1v) is 11.6. The van der Waals surface area contributed by atoms with Crippen molar-refractivity contribution in [2.75, 3.05) is 11.5 Å². The summed E-state index contributed by atoms with van der Waals surface area (Å²) in [7, 11) is 0. The maximum Gasteiger partial charge on any atom is 0.335 e. The highest BCUT2D eigenvalue weighted by atomic mass is 127. The quantitative estimate of drug-likeness (QED) is 0.248. The minimum absolute atomic E-state index is 0.144. The molecule has 3 aromatic carbocycles. The van der Waals surface area contributed by atoms with Gasteiger partial charge in [0.15, 0.2) is 0 Å². The molecule has 3 aromatic rings. The second-order valence-electron chi connectivity index (χ2n) is 7.37. The normalized spacial score (nSPS) is 14.8. The van der Waals surface area contributed by atoms with Crippen LogP contribution in [0.5, 0.6) is 11.5 Å². The summed E-state index contributed by atoms with van der Waals surface area (Å²) in [5, 5.41) is 2.23. The Labute approximate surface area is 210 Å². The van der Waals surface area contributed by atoms with Crippen molar-refractivity contribution in [3.8, 4) is 11.5 Å². The molecule has 1 N–H and O–H groups in total. The number of benzene rings is 3. The van der Waals surface area contributed by atoms with E-state index >= 15 is 0 Å². The second kappa shape index (κ2) is 10.5. The van der Waals surface area contributed by atoms with Crippen LogP contribution >= 0.6 is 22.6 Å². The van der Waals surface area contributed by atoms with Crippen LogP contribution in [0, 0.1) is 3.57 Å². The Morgan fingerprint density at radius 1 is 0.912 bits per heavy atom. The fraction of sp³-hybridized carbons (Fsp3) is 0.115. The summed E-state index contributed by atoms with van der Waals surface area (Å²) >= 11 is 2.25. The number of halogens is 1. The zero-order valence-corrected chi connectivity index (χ0v) is 20.4. The van der Waals surface area contributed by atoms with Crippen molar-refractivity contribution in [3.63, 3.8) is 0 Å². The van der Waals surface area contributed by atoms with Gasteiger partial charge in [0.05, 0.1) is 12.3 Å². The third-order valence-corrected chi connectivity index (χ3v) is 5.72. The molecule has 1 fully saturated rings. The van der Waals surface area contributed by atoms with Crippen LogP contribution < -0.4 is 19.7 Å². The van der Waals surface area contributed by atoms with Crippen molar-refractivity contribution in [1.82, 2.24) is 5.32 Å². The molecule has 34 heavy (non-hydrogen) atoms. The number of carbonyl (C=O) groups excluding carboxylic acids is 3. The van der Waals surface area contributed by atoms with Gasteiger partial charge in [-0.15, -0.1) is 0 Å². The van der Waals surface area contributed by atoms with E-state index in [0.717, 1.165) is 14.0 Å². The van der Waals surface area contributed by atoms with Crippen LogP contribution in [0.25, 0.3) is 6.08 Å². The average molecular weight is 568 g/mol. The largest absolute Gasteiger partial charge is 0.494 e. The van der Waals surface area contributed by atoms with Gasteiger partial charge in [-0.25, -0.2) is 9.69 Å². The summed E-state index contributed by atoms with van der Waals surface area (Å²) in [5.41, 5.74) is 1.84. The summed E-state index contributed by atoms with van der Waals surface area (Å²) in [4.78, 5) is 38.8. The molecule has 172 valence electrons. The Kier molecular flexibility index (Phi) is 7.27. The lowest BCUT2D eigenvalue weighted by Crippen LogP contribution is -2.54. The predicted molar refractivity (Wildman–Crippen MR) is 137 cm³/mol. The van der Waals surface area contributed by atoms with Gasteiger partial charge in [0.25, 0.3) is 11.8 Å². The van der Waals surface area contributed by atoms with Crippen LogP contribution in [0.3, 0.4) is 0 Å². The van der Waals surface area contributed by atoms with Crippen LogP contribution in [0.15, 0.2) is 78.4 Å². The zero-order valence-electron chi connectivity index (χ0n) is 18.3. The lowest BCUT2D eigenvalue weighted by molar-refractivity contribution is -0.122. The number of hydrogen-bond donors (Lipinski definition) is 1. The third kappa shape index (κ3) is 5.45. The molecule has 0 spiro atoms. The van der Waals surface area contributed by atoms with Crippen molar-refractivity contribution in [2.45, 2.75) is 13.5 Å². The molecule has 4 amide bonds. The van der Waals surface area contributed by atoms with E-state index in [1.165, 1.54) is 6.08 Å². The molecule has 0 saturated carbocycles. The first kappa shape index (κ1) is 23.5. The number of carbonyl (C=O) groups is 3. The third-order valence-electron chi connectivity index (χ3n) is 5.00. The number of amides is 4. The number of barbiturate groups is 1. The van der Waals surface area contributed by atoms with Gasteiger partial charge < -0.3 is 9.47 Å². The van der Waals surface area contributed by atoms with Gasteiger partial charge >= 0.3 is 6.03 Å². The summed E-state index contributed by atoms with van der Waals surface area (Å²) < 4.78 is 12.4. The van der Waals surface area contributed by atoms with Crippen LogP contribution in [0.2, 0.25) is 0 Å². The van der Waals surface area contributed by atoms with Gasteiger partial charge in [-0.1, -0.05) is 30.3 Å². The second-order valence-corrected chi connectivity index (χ2v) is 8.62. The van der Waals surface area contributed by atoms with Crippen molar-refractivity contribution in [2.24, 2.45) is 0 Å². The van der Waals surface area contributed by atoms with Crippen molar-refractivity contribution in [1.29, 1.82) is 0 Å². The van der Waals surface area contributed by atoms with Crippen molar-refractivity contribution >= 4 is 52.2 Å². The molecule has 0 aromatic heterocycles. The van der Waals surface area contributed by atoms with E-state index in [4.69, 9.17) is 9.47 Å². The molecule has 4 rings (SSSR count). The minimum atomic E-state index is -0.805. The van der Waals surface area contributed by atoms with Gasteiger partial charge in [0, 0.05) is 9.64 Å². The van der Waals surface area contributed by atoms with Gasteiger partial charge in [0.1, 0.15) is 23.7 Å². The molecule has 0 bridgehead atoms. The van der Waals surface area contributed by atoms with Gasteiger partial charge in [-0.3, -0.25) is 14.9 Å². The maximum absolute atomic E-state index is 13.1. The van der Waals surface area contributed by atoms with Crippen LogP contribution in [0.4, 0.5) is 10.5 Å². The summed E-state index contributed by atoms with van der Waals surface area (Å²) in [5.74, 6) is -0.277. The van der Waals surface area contributed by atoms with E-state index in [1.807, 2.05) is 31.2 Å². The smallest absolute Gasteiger partial charge is 0.335 e. The average Bonchev–Trinajstić information content (AvgIpc) is 2.82. The number of hydrogen-bond acceptors (Lipinski definition) is 5. The zero-order chi connectivity index (χ0) is 24.1. The van der Waals surface area contributed by atoms with E-state index in [1.54, 1.807) is 48.5 Å². The lowest BCUT2D eigenvalue weighted by Gasteiger charge is -2.26. The van der Waals surface area contributed by atoms with Gasteiger partial charge in [-0.2, -0.15) is 0 Å². The van der Waals surface area contributed by atoms with Crippen LogP contribution in [-0.2, 0) is 16.2 Å². The molecule has 0 radical (unpaired) electrons. The lowest BCUT2D eigenvalue weighted by atomic mass is 10.1. The topological polar surface area (TPSA) is 84.9 Å². The number of nitrogens with zero attached hydrogens (tertiary/aromatic N) is 1. The molecule has 7 nitrogen and oxygen atoms in total. The highest BCUT2D eigenvalue weighted by Gasteiger charge is 2.36. The Balaban J connectivity index is 1.51. The Morgan fingerprint density at radius 3 is 2.35 bits per heavy atom. The molecule has 1 saturated heterocycles. The minimum Gasteiger partial charge on any atom is -0.494 e. The molecule has 1 aliphatic rings. The van der Waals surface area contributed by atoms with Gasteiger partial charge in [0.2, 0.25) is 0 Å². The molecule has 1 heterocycles. The highest BCUT2D eigenvalue weighted by molar-refractivity contribution is 14.1. The maximum atomic E-state index is 13.1. The Morgan fingerprint density at radius 2 is 1.65 bits per heavy atom. The van der Waals surface area contributed by atoms with Gasteiger partial charge in [-0.05, 0) is 83.1 Å². The van der Waals surface area contributed by atoms with Crippen molar-refractivity contribution in [3.05, 3.63) is 93.1 Å². The summed E-state index contributed by atoms with van der Waals surface area (Å²) in [6.45, 7) is 2.71. The molecule has 0 aliphatic carbocycles. The van der Waals surface area contributed by atoms with Crippen molar-refractivity contribution < 1.29 is 23.9 Å². The molecule has 8 heteroatoms. The number of rotatable bonds is 7. The molecular formula is C26H21IN2O5. The number of anilines is 1. The van der Waals surface area contributed by atoms with E-state index in [9.17, 15) is 14.4 Å². The number of ether oxygens (including phenoxy) is 2. The fourth-order valence-corrected chi connectivity index (χ4v) is 3.70. The van der Waals surface area contributed by atoms with E-state index in [2.05, 4.69) is 27.9 Å². The number of imide groups is 2. The number of nitrogens with one attached hydrogen (secondary N) is 1.